The number of rotatable bonds is 6. The second-order valence-electron chi connectivity index (χ2n) is 8.45. The van der Waals surface area contributed by atoms with Crippen molar-refractivity contribution >= 4 is 11.7 Å². The molecule has 1 saturated heterocycles. The Hall–Kier alpha value is -2.53. The van der Waals surface area contributed by atoms with Gasteiger partial charge < -0.3 is 10.6 Å². The van der Waals surface area contributed by atoms with Crippen LogP contribution in [0, 0.1) is 5.92 Å². The predicted molar refractivity (Wildman–Crippen MR) is 110 cm³/mol. The Labute approximate surface area is 167 Å². The molecule has 2 atom stereocenters. The largest absolute Gasteiger partial charge is 0.354 e. The van der Waals surface area contributed by atoms with Gasteiger partial charge in [0.05, 0.1) is 6.04 Å². The fourth-order valence-corrected chi connectivity index (χ4v) is 3.49. The summed E-state index contributed by atoms with van der Waals surface area (Å²) in [7, 11) is 0. The first-order valence-electron chi connectivity index (χ1n) is 9.90. The van der Waals surface area contributed by atoms with Gasteiger partial charge in [0.25, 0.3) is 0 Å². The number of amides is 1. The first-order chi connectivity index (χ1) is 13.3. The number of benzene rings is 1. The Balaban J connectivity index is 1.50. The molecule has 1 aliphatic heterocycles. The van der Waals surface area contributed by atoms with Crippen molar-refractivity contribution in [3.8, 4) is 0 Å². The molecule has 1 aromatic heterocycles. The number of hydrogen-bond donors (Lipinski definition) is 2. The van der Waals surface area contributed by atoms with Crippen LogP contribution in [0.25, 0.3) is 0 Å². The van der Waals surface area contributed by atoms with Gasteiger partial charge in [-0.25, -0.2) is 0 Å². The molecule has 3 rings (SSSR count). The fourth-order valence-electron chi connectivity index (χ4n) is 3.49. The molecule has 1 aliphatic rings. The third-order valence-corrected chi connectivity index (χ3v) is 5.26. The van der Waals surface area contributed by atoms with Gasteiger partial charge in [-0.3, -0.25) is 14.6 Å². The summed E-state index contributed by atoms with van der Waals surface area (Å²) >= 11 is 0. The van der Waals surface area contributed by atoms with E-state index in [-0.39, 0.29) is 29.1 Å². The van der Waals surface area contributed by atoms with Crippen LogP contribution in [0.5, 0.6) is 0 Å². The minimum atomic E-state index is -0.313. The predicted octanol–water partition coefficient (Wildman–Crippen LogP) is 2.90. The van der Waals surface area contributed by atoms with Crippen LogP contribution in [0.3, 0.4) is 0 Å². The summed E-state index contributed by atoms with van der Waals surface area (Å²) in [4.78, 5) is 29.4. The van der Waals surface area contributed by atoms with Crippen molar-refractivity contribution in [1.82, 2.24) is 15.6 Å². The first kappa shape index (κ1) is 20.2. The van der Waals surface area contributed by atoms with Crippen molar-refractivity contribution in [2.45, 2.75) is 45.1 Å². The molecule has 0 bridgehead atoms. The number of carbonyl (C=O) groups is 2. The van der Waals surface area contributed by atoms with E-state index in [1.165, 1.54) is 5.56 Å². The van der Waals surface area contributed by atoms with E-state index in [4.69, 9.17) is 0 Å². The highest BCUT2D eigenvalue weighted by molar-refractivity contribution is 5.99. The maximum Gasteiger partial charge on any atom is 0.237 e. The number of hydrogen-bond acceptors (Lipinski definition) is 4. The molecule has 1 amide bonds. The SMILES string of the molecule is CC(C)(C)c1ccc(C(=O)C2CNC(C(=O)NCCc3ccccn3)C2)cc1. The van der Waals surface area contributed by atoms with Crippen LogP contribution in [-0.2, 0) is 16.6 Å². The Morgan fingerprint density at radius 1 is 1.14 bits per heavy atom. The Kier molecular flexibility index (Phi) is 6.25. The van der Waals surface area contributed by atoms with Gasteiger partial charge >= 0.3 is 0 Å². The van der Waals surface area contributed by atoms with Gasteiger partial charge in [0.15, 0.2) is 5.78 Å². The Morgan fingerprint density at radius 3 is 2.54 bits per heavy atom. The highest BCUT2D eigenvalue weighted by Gasteiger charge is 2.33. The summed E-state index contributed by atoms with van der Waals surface area (Å²) in [6.07, 6.45) is 2.98. The molecule has 5 nitrogen and oxygen atoms in total. The van der Waals surface area contributed by atoms with E-state index in [0.717, 1.165) is 11.3 Å². The Morgan fingerprint density at radius 2 is 1.89 bits per heavy atom. The van der Waals surface area contributed by atoms with E-state index in [0.29, 0.717) is 25.9 Å². The number of carbonyl (C=O) groups excluding carboxylic acids is 2. The summed E-state index contributed by atoms with van der Waals surface area (Å²) in [5.41, 5.74) is 2.94. The standard InChI is InChI=1S/C23H29N3O2/c1-23(2,3)18-9-7-16(8-10-18)21(27)17-14-20(26-15-17)22(28)25-13-11-19-6-4-5-12-24-19/h4-10,12,17,20,26H,11,13-15H2,1-3H3,(H,25,28). The van der Waals surface area contributed by atoms with Gasteiger partial charge in [-0.1, -0.05) is 51.1 Å². The van der Waals surface area contributed by atoms with E-state index in [2.05, 4.69) is 36.4 Å². The minimum Gasteiger partial charge on any atom is -0.354 e. The van der Waals surface area contributed by atoms with Crippen LogP contribution < -0.4 is 10.6 Å². The van der Waals surface area contributed by atoms with Crippen LogP contribution in [0.4, 0.5) is 0 Å². The molecule has 2 aromatic rings. The molecule has 0 aliphatic carbocycles. The van der Waals surface area contributed by atoms with Gasteiger partial charge in [-0.15, -0.1) is 0 Å². The fraction of sp³-hybridized carbons (Fsp3) is 0.435. The smallest absolute Gasteiger partial charge is 0.237 e. The van der Waals surface area contributed by atoms with Crippen LogP contribution in [0.15, 0.2) is 48.7 Å². The van der Waals surface area contributed by atoms with Crippen LogP contribution >= 0.6 is 0 Å². The van der Waals surface area contributed by atoms with E-state index in [1.807, 2.05) is 42.5 Å². The molecule has 2 unspecified atom stereocenters. The maximum absolute atomic E-state index is 12.8. The lowest BCUT2D eigenvalue weighted by Crippen LogP contribution is -2.41. The van der Waals surface area contributed by atoms with E-state index < -0.39 is 0 Å². The molecular weight excluding hydrogens is 350 g/mol. The number of nitrogens with one attached hydrogen (secondary N) is 2. The number of nitrogens with zero attached hydrogens (tertiary/aromatic N) is 1. The number of ketones is 1. The van der Waals surface area contributed by atoms with E-state index in [9.17, 15) is 9.59 Å². The zero-order valence-corrected chi connectivity index (χ0v) is 16.9. The lowest BCUT2D eigenvalue weighted by molar-refractivity contribution is -0.122. The van der Waals surface area contributed by atoms with Crippen molar-refractivity contribution in [1.29, 1.82) is 0 Å². The lowest BCUT2D eigenvalue weighted by atomic mass is 9.85. The van der Waals surface area contributed by atoms with E-state index >= 15 is 0 Å². The summed E-state index contributed by atoms with van der Waals surface area (Å²) in [5, 5.41) is 6.14. The molecule has 0 radical (unpaired) electrons. The summed E-state index contributed by atoms with van der Waals surface area (Å²) < 4.78 is 0. The monoisotopic (exact) mass is 379 g/mol. The van der Waals surface area contributed by atoms with Crippen LogP contribution in [-0.4, -0.2) is 35.8 Å². The molecule has 5 heteroatoms. The average molecular weight is 380 g/mol. The molecule has 148 valence electrons. The molecule has 28 heavy (non-hydrogen) atoms. The normalized spacial score (nSPS) is 19.4. The Bertz CT molecular complexity index is 810. The molecule has 0 spiro atoms. The van der Waals surface area contributed by atoms with Crippen molar-refractivity contribution < 1.29 is 9.59 Å². The zero-order valence-electron chi connectivity index (χ0n) is 16.9. The summed E-state index contributed by atoms with van der Waals surface area (Å²) in [5.74, 6) is -0.0990. The van der Waals surface area contributed by atoms with Crippen molar-refractivity contribution in [3.63, 3.8) is 0 Å². The van der Waals surface area contributed by atoms with Crippen molar-refractivity contribution in [2.24, 2.45) is 5.92 Å². The molecule has 1 fully saturated rings. The number of pyridine rings is 1. The number of Topliss-reactive ketones (excluding diaryl/α,β-unsaturated/α-hetero) is 1. The van der Waals surface area contributed by atoms with Gasteiger partial charge in [-0.2, -0.15) is 0 Å². The third-order valence-electron chi connectivity index (χ3n) is 5.26. The quantitative estimate of drug-likeness (QED) is 0.757. The molecule has 2 N–H and O–H groups in total. The van der Waals surface area contributed by atoms with Gasteiger partial charge in [-0.05, 0) is 29.5 Å². The second kappa shape index (κ2) is 8.65. The number of aromatic nitrogens is 1. The lowest BCUT2D eigenvalue weighted by Gasteiger charge is -2.19. The molecular formula is C23H29N3O2. The second-order valence-corrected chi connectivity index (χ2v) is 8.45. The highest BCUT2D eigenvalue weighted by atomic mass is 16.2. The van der Waals surface area contributed by atoms with Gasteiger partial charge in [0, 0.05) is 42.9 Å². The third kappa shape index (κ3) is 5.04. The van der Waals surface area contributed by atoms with Crippen LogP contribution in [0.2, 0.25) is 0 Å². The maximum atomic E-state index is 12.8. The summed E-state index contributed by atoms with van der Waals surface area (Å²) in [6, 6.07) is 13.3. The first-order valence-corrected chi connectivity index (χ1v) is 9.90. The highest BCUT2D eigenvalue weighted by Crippen LogP contribution is 2.24. The summed E-state index contributed by atoms with van der Waals surface area (Å²) in [6.45, 7) is 7.55. The van der Waals surface area contributed by atoms with E-state index in [1.54, 1.807) is 6.20 Å². The van der Waals surface area contributed by atoms with Crippen molar-refractivity contribution in [3.05, 3.63) is 65.5 Å². The molecule has 2 heterocycles. The van der Waals surface area contributed by atoms with Crippen LogP contribution in [0.1, 0.15) is 48.8 Å². The molecule has 0 saturated carbocycles. The average Bonchev–Trinajstić information content (AvgIpc) is 3.18. The zero-order chi connectivity index (χ0) is 20.1. The molecule has 1 aromatic carbocycles. The minimum absolute atomic E-state index is 0.0469. The van der Waals surface area contributed by atoms with Gasteiger partial charge in [0.1, 0.15) is 0 Å². The topological polar surface area (TPSA) is 71.1 Å². The van der Waals surface area contributed by atoms with Crippen molar-refractivity contribution in [2.75, 3.05) is 13.1 Å². The van der Waals surface area contributed by atoms with Gasteiger partial charge in [0.2, 0.25) is 5.91 Å².